The number of rotatable bonds is 3. The van der Waals surface area contributed by atoms with Gasteiger partial charge in [0, 0.05) is 6.26 Å². The average Bonchev–Trinajstić information content (AvgIpc) is 2.29. The lowest BCUT2D eigenvalue weighted by atomic mass is 10.0. The third kappa shape index (κ3) is 4.38. The molecule has 0 aromatic heterocycles. The summed E-state index contributed by atoms with van der Waals surface area (Å²) in [5, 5.41) is 0. The van der Waals surface area contributed by atoms with E-state index >= 15 is 0 Å². The topological polar surface area (TPSA) is 43.4 Å². The molecule has 0 aliphatic rings. The van der Waals surface area contributed by atoms with Gasteiger partial charge in [0.15, 0.2) is 9.84 Å². The van der Waals surface area contributed by atoms with Crippen LogP contribution in [0.15, 0.2) is 23.1 Å². The standard InChI is InChI=1S/C11H16O3S.C2H6/c1-8(2)10-6-5-9(14-3)7-11(10)15(4,12)13;1-2/h5-8H,1-4H3;1-2H3. The Morgan fingerprint density at radius 1 is 1.18 bits per heavy atom. The highest BCUT2D eigenvalue weighted by Gasteiger charge is 2.16. The molecule has 3 nitrogen and oxygen atoms in total. The Kier molecular flexibility index (Phi) is 6.24. The largest absolute Gasteiger partial charge is 0.497 e. The molecule has 0 saturated heterocycles. The highest BCUT2D eigenvalue weighted by Crippen LogP contribution is 2.27. The van der Waals surface area contributed by atoms with Gasteiger partial charge >= 0.3 is 0 Å². The average molecular weight is 258 g/mol. The van der Waals surface area contributed by atoms with Gasteiger partial charge in [-0.3, -0.25) is 0 Å². The lowest BCUT2D eigenvalue weighted by molar-refractivity contribution is 0.413. The minimum atomic E-state index is -3.19. The van der Waals surface area contributed by atoms with E-state index in [9.17, 15) is 8.42 Å². The fraction of sp³-hybridized carbons (Fsp3) is 0.538. The zero-order valence-electron chi connectivity index (χ0n) is 11.4. The summed E-state index contributed by atoms with van der Waals surface area (Å²) in [6.45, 7) is 7.94. The van der Waals surface area contributed by atoms with Crippen LogP contribution in [0.1, 0.15) is 39.2 Å². The molecule has 0 N–H and O–H groups in total. The first kappa shape index (κ1) is 16.0. The van der Waals surface area contributed by atoms with E-state index in [-0.39, 0.29) is 5.92 Å². The summed E-state index contributed by atoms with van der Waals surface area (Å²) < 4.78 is 28.2. The van der Waals surface area contributed by atoms with Crippen LogP contribution in [-0.2, 0) is 9.84 Å². The number of ether oxygens (including phenoxy) is 1. The summed E-state index contributed by atoms with van der Waals surface area (Å²) in [6.07, 6.45) is 1.22. The second-order valence-electron chi connectivity index (χ2n) is 3.83. The zero-order valence-corrected chi connectivity index (χ0v) is 12.3. The van der Waals surface area contributed by atoms with Crippen LogP contribution in [0, 0.1) is 0 Å². The van der Waals surface area contributed by atoms with Crippen molar-refractivity contribution in [3.63, 3.8) is 0 Å². The number of benzene rings is 1. The van der Waals surface area contributed by atoms with E-state index in [1.807, 2.05) is 27.7 Å². The quantitative estimate of drug-likeness (QED) is 0.836. The van der Waals surface area contributed by atoms with E-state index in [1.54, 1.807) is 18.2 Å². The molecular formula is C13H22O3S. The summed E-state index contributed by atoms with van der Waals surface area (Å²) in [5.41, 5.74) is 0.832. The van der Waals surface area contributed by atoms with Crippen LogP contribution >= 0.6 is 0 Å². The molecule has 17 heavy (non-hydrogen) atoms. The van der Waals surface area contributed by atoms with Crippen molar-refractivity contribution in [1.82, 2.24) is 0 Å². The summed E-state index contributed by atoms with van der Waals surface area (Å²) in [6, 6.07) is 5.16. The first-order valence-corrected chi connectivity index (χ1v) is 7.63. The molecule has 0 unspecified atom stereocenters. The van der Waals surface area contributed by atoms with Crippen molar-refractivity contribution in [2.75, 3.05) is 13.4 Å². The van der Waals surface area contributed by atoms with Gasteiger partial charge in [0.05, 0.1) is 12.0 Å². The molecule has 0 fully saturated rings. The van der Waals surface area contributed by atoms with Crippen LogP contribution in [0.3, 0.4) is 0 Å². The maximum absolute atomic E-state index is 11.6. The summed E-state index contributed by atoms with van der Waals surface area (Å²) >= 11 is 0. The van der Waals surface area contributed by atoms with E-state index < -0.39 is 9.84 Å². The van der Waals surface area contributed by atoms with Gasteiger partial charge in [-0.2, -0.15) is 0 Å². The third-order valence-electron chi connectivity index (χ3n) is 2.24. The molecule has 1 aromatic rings. The number of methoxy groups -OCH3 is 1. The molecule has 0 aliphatic heterocycles. The molecular weight excluding hydrogens is 236 g/mol. The summed E-state index contributed by atoms with van der Waals surface area (Å²) in [5.74, 6) is 0.750. The van der Waals surface area contributed by atoms with Crippen LogP contribution < -0.4 is 4.74 Å². The first-order valence-electron chi connectivity index (χ1n) is 5.74. The van der Waals surface area contributed by atoms with Crippen molar-refractivity contribution in [2.45, 2.75) is 38.5 Å². The predicted molar refractivity (Wildman–Crippen MR) is 71.5 cm³/mol. The van der Waals surface area contributed by atoms with Crippen LogP contribution in [0.25, 0.3) is 0 Å². The van der Waals surface area contributed by atoms with Crippen molar-refractivity contribution < 1.29 is 13.2 Å². The Hall–Kier alpha value is -1.03. The molecule has 1 aromatic carbocycles. The molecule has 0 aliphatic carbocycles. The smallest absolute Gasteiger partial charge is 0.175 e. The summed E-state index contributed by atoms with van der Waals surface area (Å²) in [7, 11) is -1.67. The number of sulfone groups is 1. The van der Waals surface area contributed by atoms with Crippen LogP contribution in [0.5, 0.6) is 5.75 Å². The fourth-order valence-corrected chi connectivity index (χ4v) is 2.50. The molecule has 0 saturated carbocycles. The molecule has 1 rings (SSSR count). The van der Waals surface area contributed by atoms with Gasteiger partial charge in [-0.15, -0.1) is 0 Å². The molecule has 98 valence electrons. The second-order valence-corrected chi connectivity index (χ2v) is 5.81. The van der Waals surface area contributed by atoms with E-state index in [0.717, 1.165) is 5.56 Å². The molecule has 0 amide bonds. The maximum atomic E-state index is 11.6. The summed E-state index contributed by atoms with van der Waals surface area (Å²) in [4.78, 5) is 0.358. The molecule has 0 atom stereocenters. The molecule has 0 radical (unpaired) electrons. The van der Waals surface area contributed by atoms with Crippen LogP contribution in [-0.4, -0.2) is 21.8 Å². The Morgan fingerprint density at radius 2 is 1.71 bits per heavy atom. The lowest BCUT2D eigenvalue weighted by Gasteiger charge is -2.12. The van der Waals surface area contributed by atoms with Crippen LogP contribution in [0.4, 0.5) is 0 Å². The molecule has 0 heterocycles. The van der Waals surface area contributed by atoms with Gasteiger partial charge in [-0.05, 0) is 23.6 Å². The van der Waals surface area contributed by atoms with Gasteiger partial charge in [-0.25, -0.2) is 8.42 Å². The molecule has 0 bridgehead atoms. The monoisotopic (exact) mass is 258 g/mol. The Bertz CT molecular complexity index is 448. The van der Waals surface area contributed by atoms with Gasteiger partial charge < -0.3 is 4.74 Å². The fourth-order valence-electron chi connectivity index (χ4n) is 1.44. The van der Waals surface area contributed by atoms with Gasteiger partial charge in [0.25, 0.3) is 0 Å². The van der Waals surface area contributed by atoms with Crippen molar-refractivity contribution in [3.8, 4) is 5.75 Å². The molecule has 0 spiro atoms. The van der Waals surface area contributed by atoms with Crippen molar-refractivity contribution in [2.24, 2.45) is 0 Å². The minimum absolute atomic E-state index is 0.181. The predicted octanol–water partition coefficient (Wildman–Crippen LogP) is 3.25. The third-order valence-corrected chi connectivity index (χ3v) is 3.39. The molecule has 4 heteroatoms. The van der Waals surface area contributed by atoms with E-state index in [2.05, 4.69) is 0 Å². The Morgan fingerprint density at radius 3 is 2.06 bits per heavy atom. The minimum Gasteiger partial charge on any atom is -0.497 e. The van der Waals surface area contributed by atoms with E-state index in [4.69, 9.17) is 4.74 Å². The van der Waals surface area contributed by atoms with Crippen molar-refractivity contribution in [1.29, 1.82) is 0 Å². The van der Waals surface area contributed by atoms with Crippen molar-refractivity contribution >= 4 is 9.84 Å². The van der Waals surface area contributed by atoms with E-state index in [0.29, 0.717) is 10.6 Å². The van der Waals surface area contributed by atoms with Crippen molar-refractivity contribution in [3.05, 3.63) is 23.8 Å². The maximum Gasteiger partial charge on any atom is 0.175 e. The second kappa shape index (κ2) is 6.64. The van der Waals surface area contributed by atoms with Gasteiger partial charge in [-0.1, -0.05) is 33.8 Å². The van der Waals surface area contributed by atoms with Gasteiger partial charge in [0.1, 0.15) is 5.75 Å². The SMILES string of the molecule is CC.COc1ccc(C(C)C)c(S(C)(=O)=O)c1. The van der Waals surface area contributed by atoms with Gasteiger partial charge in [0.2, 0.25) is 0 Å². The normalized spacial score (nSPS) is 10.8. The first-order chi connectivity index (χ1) is 7.86. The van der Waals surface area contributed by atoms with Crippen LogP contribution in [0.2, 0.25) is 0 Å². The highest BCUT2D eigenvalue weighted by molar-refractivity contribution is 7.90. The van der Waals surface area contributed by atoms with E-state index in [1.165, 1.54) is 13.4 Å². The lowest BCUT2D eigenvalue weighted by Crippen LogP contribution is -2.04. The number of hydrogen-bond acceptors (Lipinski definition) is 3. The Labute approximate surface area is 105 Å². The Balaban J connectivity index is 0.00000121. The number of hydrogen-bond donors (Lipinski definition) is 0. The highest BCUT2D eigenvalue weighted by atomic mass is 32.2. The zero-order chi connectivity index (χ0) is 13.6.